The van der Waals surface area contributed by atoms with Gasteiger partial charge in [0.1, 0.15) is 18.4 Å². The van der Waals surface area contributed by atoms with E-state index in [4.69, 9.17) is 15.6 Å². The van der Waals surface area contributed by atoms with Gasteiger partial charge in [-0.15, -0.1) is 0 Å². The van der Waals surface area contributed by atoms with Crippen LogP contribution in [0.25, 0.3) is 0 Å². The molecule has 8 heteroatoms. The van der Waals surface area contributed by atoms with Crippen LogP contribution in [0.3, 0.4) is 0 Å². The molecular weight excluding hydrogens is 254 g/mol. The van der Waals surface area contributed by atoms with Crippen LogP contribution in [0.2, 0.25) is 0 Å². The molecule has 0 amide bonds. The van der Waals surface area contributed by atoms with Gasteiger partial charge in [0.25, 0.3) is 5.56 Å². The SMILES string of the molecule is Cc1cn([C@@H]2C[C@@H](N)[C@@H]([C@H](O)CO)O2)c(=O)[nH]c1=O. The maximum Gasteiger partial charge on any atom is 0.330 e. The molecule has 106 valence electrons. The molecule has 0 aliphatic carbocycles. The molecule has 0 unspecified atom stereocenters. The second-order valence-electron chi connectivity index (χ2n) is 4.68. The molecule has 1 saturated heterocycles. The molecule has 5 N–H and O–H groups in total. The fourth-order valence-electron chi connectivity index (χ4n) is 2.16. The first kappa shape index (κ1) is 13.9. The van der Waals surface area contributed by atoms with Gasteiger partial charge in [0, 0.05) is 24.2 Å². The van der Waals surface area contributed by atoms with E-state index in [1.807, 2.05) is 0 Å². The summed E-state index contributed by atoms with van der Waals surface area (Å²) in [4.78, 5) is 25.2. The predicted octanol–water partition coefficient (Wildman–Crippen LogP) is -2.19. The van der Waals surface area contributed by atoms with Crippen LogP contribution in [0.5, 0.6) is 0 Å². The van der Waals surface area contributed by atoms with E-state index in [1.54, 1.807) is 6.92 Å². The highest BCUT2D eigenvalue weighted by atomic mass is 16.5. The first-order valence-corrected chi connectivity index (χ1v) is 5.96. The lowest BCUT2D eigenvalue weighted by atomic mass is 10.1. The van der Waals surface area contributed by atoms with Crippen molar-refractivity contribution in [3.8, 4) is 0 Å². The lowest BCUT2D eigenvalue weighted by molar-refractivity contribution is -0.0781. The summed E-state index contributed by atoms with van der Waals surface area (Å²) >= 11 is 0. The molecule has 0 saturated carbocycles. The number of aromatic amines is 1. The van der Waals surface area contributed by atoms with E-state index in [0.29, 0.717) is 12.0 Å². The summed E-state index contributed by atoms with van der Waals surface area (Å²) in [6.07, 6.45) is -0.794. The summed E-state index contributed by atoms with van der Waals surface area (Å²) in [5, 5.41) is 18.5. The molecule has 1 aliphatic rings. The topological polar surface area (TPSA) is 131 Å². The van der Waals surface area contributed by atoms with Crippen LogP contribution in [0, 0.1) is 6.92 Å². The number of nitrogens with zero attached hydrogens (tertiary/aromatic N) is 1. The van der Waals surface area contributed by atoms with Crippen molar-refractivity contribution in [3.63, 3.8) is 0 Å². The second-order valence-corrected chi connectivity index (χ2v) is 4.68. The minimum Gasteiger partial charge on any atom is -0.394 e. The van der Waals surface area contributed by atoms with Crippen LogP contribution in [0.1, 0.15) is 18.2 Å². The smallest absolute Gasteiger partial charge is 0.330 e. The van der Waals surface area contributed by atoms with Gasteiger partial charge in [-0.05, 0) is 6.92 Å². The molecule has 0 bridgehead atoms. The third kappa shape index (κ3) is 2.61. The minimum atomic E-state index is -1.10. The van der Waals surface area contributed by atoms with Gasteiger partial charge in [-0.1, -0.05) is 0 Å². The molecule has 0 aromatic carbocycles. The maximum atomic E-state index is 11.7. The Labute approximate surface area is 108 Å². The molecule has 1 aromatic rings. The van der Waals surface area contributed by atoms with Crippen molar-refractivity contribution in [3.05, 3.63) is 32.6 Å². The summed E-state index contributed by atoms with van der Waals surface area (Å²) < 4.78 is 6.73. The highest BCUT2D eigenvalue weighted by Crippen LogP contribution is 2.28. The van der Waals surface area contributed by atoms with Crippen LogP contribution in [-0.2, 0) is 4.74 Å². The van der Waals surface area contributed by atoms with E-state index >= 15 is 0 Å². The molecule has 0 spiro atoms. The third-order valence-electron chi connectivity index (χ3n) is 3.23. The number of H-pyrrole nitrogens is 1. The third-order valence-corrected chi connectivity index (χ3v) is 3.23. The Bertz CT molecular complexity index is 566. The normalized spacial score (nSPS) is 28.5. The average molecular weight is 271 g/mol. The van der Waals surface area contributed by atoms with Gasteiger partial charge in [0.15, 0.2) is 0 Å². The molecule has 1 aromatic heterocycles. The summed E-state index contributed by atoms with van der Waals surface area (Å²) in [5.41, 5.74) is 5.16. The lowest BCUT2D eigenvalue weighted by Gasteiger charge is -2.20. The maximum absolute atomic E-state index is 11.7. The van der Waals surface area contributed by atoms with Crippen LogP contribution < -0.4 is 17.0 Å². The van der Waals surface area contributed by atoms with E-state index < -0.39 is 42.3 Å². The Hall–Kier alpha value is -1.48. The summed E-state index contributed by atoms with van der Waals surface area (Å²) in [7, 11) is 0. The molecule has 19 heavy (non-hydrogen) atoms. The number of aliphatic hydroxyl groups is 2. The summed E-state index contributed by atoms with van der Waals surface area (Å²) in [6.45, 7) is 1.11. The van der Waals surface area contributed by atoms with Crippen LogP contribution in [0.4, 0.5) is 0 Å². The van der Waals surface area contributed by atoms with E-state index in [0.717, 1.165) is 0 Å². The molecular formula is C11H17N3O5. The molecule has 1 fully saturated rings. The fraction of sp³-hybridized carbons (Fsp3) is 0.636. The Morgan fingerprint density at radius 2 is 2.32 bits per heavy atom. The monoisotopic (exact) mass is 271 g/mol. The van der Waals surface area contributed by atoms with E-state index in [-0.39, 0.29) is 0 Å². The molecule has 2 rings (SSSR count). The van der Waals surface area contributed by atoms with Crippen LogP contribution >= 0.6 is 0 Å². The lowest BCUT2D eigenvalue weighted by Crippen LogP contribution is -2.41. The van der Waals surface area contributed by atoms with Crippen molar-refractivity contribution in [2.24, 2.45) is 5.73 Å². The molecule has 1 aliphatic heterocycles. The molecule has 8 nitrogen and oxygen atoms in total. The van der Waals surface area contributed by atoms with Crippen molar-refractivity contribution in [2.45, 2.75) is 37.8 Å². The van der Waals surface area contributed by atoms with Gasteiger partial charge in [0.2, 0.25) is 0 Å². The van der Waals surface area contributed by atoms with E-state index in [9.17, 15) is 14.7 Å². The van der Waals surface area contributed by atoms with E-state index in [2.05, 4.69) is 4.98 Å². The number of ether oxygens (including phenoxy) is 1. The van der Waals surface area contributed by atoms with Crippen LogP contribution in [-0.4, -0.2) is 44.6 Å². The Balaban J connectivity index is 2.28. The molecule has 4 atom stereocenters. The highest BCUT2D eigenvalue weighted by Gasteiger charge is 2.38. The first-order valence-electron chi connectivity index (χ1n) is 5.96. The van der Waals surface area contributed by atoms with E-state index in [1.165, 1.54) is 10.8 Å². The fourth-order valence-corrected chi connectivity index (χ4v) is 2.16. The second kappa shape index (κ2) is 5.25. The Morgan fingerprint density at radius 3 is 2.95 bits per heavy atom. The first-order chi connectivity index (χ1) is 8.93. The quantitative estimate of drug-likeness (QED) is 0.494. The Morgan fingerprint density at radius 1 is 1.63 bits per heavy atom. The zero-order valence-electron chi connectivity index (χ0n) is 10.4. The number of nitrogens with one attached hydrogen (secondary N) is 1. The van der Waals surface area contributed by atoms with Crippen molar-refractivity contribution in [1.82, 2.24) is 9.55 Å². The summed E-state index contributed by atoms with van der Waals surface area (Å²) in [6, 6.07) is -0.494. The number of nitrogens with two attached hydrogens (primary N) is 1. The van der Waals surface area contributed by atoms with Gasteiger partial charge in [-0.3, -0.25) is 14.3 Å². The Kier molecular flexibility index (Phi) is 3.85. The number of aryl methyl sites for hydroxylation is 1. The van der Waals surface area contributed by atoms with Gasteiger partial charge in [0.05, 0.1) is 6.61 Å². The highest BCUT2D eigenvalue weighted by molar-refractivity contribution is 5.02. The number of aromatic nitrogens is 2. The number of hydrogen-bond acceptors (Lipinski definition) is 6. The van der Waals surface area contributed by atoms with Gasteiger partial charge in [-0.25, -0.2) is 4.79 Å². The predicted molar refractivity (Wildman–Crippen MR) is 65.7 cm³/mol. The molecule has 2 heterocycles. The zero-order chi connectivity index (χ0) is 14.2. The van der Waals surface area contributed by atoms with Crippen molar-refractivity contribution in [2.75, 3.05) is 6.61 Å². The van der Waals surface area contributed by atoms with Gasteiger partial charge < -0.3 is 20.7 Å². The number of aliphatic hydroxyl groups excluding tert-OH is 2. The standard InChI is InChI=1S/C11H17N3O5/c1-5-3-14(11(18)13-10(5)17)8-2-6(12)9(19-8)7(16)4-15/h3,6-9,15-16H,2,4,12H2,1H3,(H,13,17,18)/t6-,7-,8+,9+/m1/s1. The van der Waals surface area contributed by atoms with Crippen molar-refractivity contribution < 1.29 is 14.9 Å². The van der Waals surface area contributed by atoms with Crippen molar-refractivity contribution >= 4 is 0 Å². The minimum absolute atomic E-state index is 0.313. The van der Waals surface area contributed by atoms with Crippen LogP contribution in [0.15, 0.2) is 15.8 Å². The summed E-state index contributed by atoms with van der Waals surface area (Å²) in [5.74, 6) is 0. The number of rotatable bonds is 3. The van der Waals surface area contributed by atoms with Crippen molar-refractivity contribution in [1.29, 1.82) is 0 Å². The largest absolute Gasteiger partial charge is 0.394 e. The van der Waals surface area contributed by atoms with Gasteiger partial charge in [-0.2, -0.15) is 0 Å². The average Bonchev–Trinajstić information content (AvgIpc) is 2.75. The zero-order valence-corrected chi connectivity index (χ0v) is 10.4. The molecule has 0 radical (unpaired) electrons. The number of hydrogen-bond donors (Lipinski definition) is 4. The van der Waals surface area contributed by atoms with Gasteiger partial charge >= 0.3 is 5.69 Å².